The number of alkyl halides is 3. The summed E-state index contributed by atoms with van der Waals surface area (Å²) in [5.74, 6) is 0.167. The minimum Gasteiger partial charge on any atom is -0.301 e. The van der Waals surface area contributed by atoms with Crippen molar-refractivity contribution in [1.29, 1.82) is 0 Å². The van der Waals surface area contributed by atoms with E-state index < -0.39 is 11.7 Å². The highest BCUT2D eigenvalue weighted by Gasteiger charge is 2.34. The maximum Gasteiger partial charge on any atom is 0.417 e. The van der Waals surface area contributed by atoms with E-state index in [9.17, 15) is 13.2 Å². The average Bonchev–Trinajstić information content (AvgIpc) is 2.88. The molecule has 7 heteroatoms. The van der Waals surface area contributed by atoms with E-state index in [1.165, 1.54) is 34.2 Å². The van der Waals surface area contributed by atoms with E-state index in [-0.39, 0.29) is 11.4 Å². The van der Waals surface area contributed by atoms with Gasteiger partial charge in [0.25, 0.3) is 0 Å². The van der Waals surface area contributed by atoms with Crippen LogP contribution in [-0.2, 0) is 6.18 Å². The number of rotatable bonds is 2. The molecule has 20 heavy (non-hydrogen) atoms. The molecule has 0 saturated heterocycles. The van der Waals surface area contributed by atoms with Gasteiger partial charge in [0.2, 0.25) is 0 Å². The van der Waals surface area contributed by atoms with Crippen LogP contribution in [0.4, 0.5) is 13.2 Å². The van der Waals surface area contributed by atoms with Gasteiger partial charge in [-0.15, -0.1) is 0 Å². The van der Waals surface area contributed by atoms with E-state index >= 15 is 0 Å². The summed E-state index contributed by atoms with van der Waals surface area (Å²) in [4.78, 5) is 3.85. The number of halogens is 3. The monoisotopic (exact) mass is 282 g/mol. The zero-order valence-corrected chi connectivity index (χ0v) is 11.0. The van der Waals surface area contributed by atoms with Crippen LogP contribution >= 0.6 is 0 Å². The summed E-state index contributed by atoms with van der Waals surface area (Å²) in [7, 11) is 3.29. The molecule has 4 nitrogen and oxygen atoms in total. The summed E-state index contributed by atoms with van der Waals surface area (Å²) >= 11 is 0. The second-order valence-corrected chi connectivity index (χ2v) is 4.28. The third-order valence-electron chi connectivity index (χ3n) is 2.52. The van der Waals surface area contributed by atoms with Gasteiger partial charge < -0.3 is 5.01 Å². The molecule has 0 fully saturated rings. The second kappa shape index (κ2) is 5.36. The van der Waals surface area contributed by atoms with Gasteiger partial charge in [0, 0.05) is 32.1 Å². The van der Waals surface area contributed by atoms with Crippen molar-refractivity contribution < 1.29 is 13.2 Å². The first-order valence-corrected chi connectivity index (χ1v) is 5.80. The fourth-order valence-corrected chi connectivity index (χ4v) is 1.74. The minimum absolute atomic E-state index is 0.00620. The Morgan fingerprint density at radius 3 is 2.50 bits per heavy atom. The van der Waals surface area contributed by atoms with Gasteiger partial charge in [0.05, 0.1) is 5.56 Å². The highest BCUT2D eigenvalue weighted by Crippen LogP contribution is 2.32. The van der Waals surface area contributed by atoms with Crippen LogP contribution < -0.4 is 0 Å². The maximum atomic E-state index is 13.1. The van der Waals surface area contributed by atoms with E-state index in [0.29, 0.717) is 0 Å². The molecule has 1 aromatic heterocycles. The Labute approximate surface area is 114 Å². The lowest BCUT2D eigenvalue weighted by molar-refractivity contribution is -0.137. The maximum absolute atomic E-state index is 13.1. The predicted molar refractivity (Wildman–Crippen MR) is 69.3 cm³/mol. The Morgan fingerprint density at radius 1 is 1.25 bits per heavy atom. The Bertz CT molecular complexity index is 600. The molecule has 0 aliphatic carbocycles. The SMILES string of the molecule is CN(C)N=C(c1ccccc1C(F)(F)F)n1ccnc1. The topological polar surface area (TPSA) is 33.4 Å². The van der Waals surface area contributed by atoms with Crippen molar-refractivity contribution >= 4 is 5.84 Å². The molecule has 0 N–H and O–H groups in total. The fraction of sp³-hybridized carbons (Fsp3) is 0.231. The van der Waals surface area contributed by atoms with Crippen LogP contribution in [0, 0.1) is 0 Å². The largest absolute Gasteiger partial charge is 0.417 e. The first-order valence-electron chi connectivity index (χ1n) is 5.80. The van der Waals surface area contributed by atoms with E-state index in [0.717, 1.165) is 6.07 Å². The van der Waals surface area contributed by atoms with Gasteiger partial charge in [-0.05, 0) is 6.07 Å². The number of nitrogens with zero attached hydrogens (tertiary/aromatic N) is 4. The van der Waals surface area contributed by atoms with E-state index in [1.54, 1.807) is 26.4 Å². The van der Waals surface area contributed by atoms with Crippen molar-refractivity contribution in [3.05, 3.63) is 54.1 Å². The molecule has 106 valence electrons. The molecule has 0 amide bonds. The summed E-state index contributed by atoms with van der Waals surface area (Å²) in [5.41, 5.74) is -0.721. The lowest BCUT2D eigenvalue weighted by atomic mass is 10.1. The lowest BCUT2D eigenvalue weighted by Gasteiger charge is -2.16. The van der Waals surface area contributed by atoms with Gasteiger partial charge >= 0.3 is 6.18 Å². The Kier molecular flexibility index (Phi) is 3.78. The first kappa shape index (κ1) is 14.1. The number of imidazole rings is 1. The molecule has 0 radical (unpaired) electrons. The van der Waals surface area contributed by atoms with Gasteiger partial charge in [0.15, 0.2) is 5.84 Å². The summed E-state index contributed by atoms with van der Waals surface area (Å²) in [6.07, 6.45) is 0.0105. The molecule has 2 aromatic rings. The summed E-state index contributed by atoms with van der Waals surface area (Å²) in [5, 5.41) is 5.58. The third-order valence-corrected chi connectivity index (χ3v) is 2.52. The van der Waals surface area contributed by atoms with Crippen LogP contribution in [-0.4, -0.2) is 34.5 Å². The molecule has 1 heterocycles. The molecule has 2 rings (SSSR count). The van der Waals surface area contributed by atoms with E-state index in [2.05, 4.69) is 10.1 Å². The number of hydrazone groups is 1. The second-order valence-electron chi connectivity index (χ2n) is 4.28. The zero-order valence-electron chi connectivity index (χ0n) is 11.0. The van der Waals surface area contributed by atoms with Gasteiger partial charge in [-0.1, -0.05) is 18.2 Å². The number of hydrogen-bond acceptors (Lipinski definition) is 3. The fourth-order valence-electron chi connectivity index (χ4n) is 1.74. The van der Waals surface area contributed by atoms with Crippen molar-refractivity contribution in [3.8, 4) is 0 Å². The highest BCUT2D eigenvalue weighted by atomic mass is 19.4. The first-order chi connectivity index (χ1) is 9.39. The van der Waals surface area contributed by atoms with Gasteiger partial charge in [0.1, 0.15) is 6.33 Å². The molecule has 0 unspecified atom stereocenters. The molecule has 0 atom stereocenters. The zero-order chi connectivity index (χ0) is 14.8. The summed E-state index contributed by atoms with van der Waals surface area (Å²) < 4.78 is 40.7. The van der Waals surface area contributed by atoms with Crippen LogP contribution in [0.2, 0.25) is 0 Å². The molecular weight excluding hydrogens is 269 g/mol. The Balaban J connectivity index is 2.62. The molecule has 0 saturated carbocycles. The van der Waals surface area contributed by atoms with Crippen molar-refractivity contribution in [2.45, 2.75) is 6.18 Å². The van der Waals surface area contributed by atoms with Crippen molar-refractivity contribution in [1.82, 2.24) is 14.6 Å². The van der Waals surface area contributed by atoms with Crippen molar-refractivity contribution in [2.24, 2.45) is 5.10 Å². The van der Waals surface area contributed by atoms with Crippen LogP contribution in [0.25, 0.3) is 0 Å². The summed E-state index contributed by atoms with van der Waals surface area (Å²) in [6.45, 7) is 0. The Hall–Kier alpha value is -2.31. The number of aromatic nitrogens is 2. The molecule has 0 aliphatic heterocycles. The van der Waals surface area contributed by atoms with Crippen LogP contribution in [0.15, 0.2) is 48.1 Å². The predicted octanol–water partition coefficient (Wildman–Crippen LogP) is 2.67. The van der Waals surface area contributed by atoms with Crippen LogP contribution in [0.3, 0.4) is 0 Å². The smallest absolute Gasteiger partial charge is 0.301 e. The lowest BCUT2D eigenvalue weighted by Crippen LogP contribution is -2.21. The number of hydrogen-bond donors (Lipinski definition) is 0. The van der Waals surface area contributed by atoms with Crippen molar-refractivity contribution in [2.75, 3.05) is 14.1 Å². The molecule has 0 spiro atoms. The number of benzene rings is 1. The van der Waals surface area contributed by atoms with Gasteiger partial charge in [-0.2, -0.15) is 18.3 Å². The molecular formula is C13H13F3N4. The highest BCUT2D eigenvalue weighted by molar-refractivity contribution is 6.01. The van der Waals surface area contributed by atoms with Crippen LogP contribution in [0.5, 0.6) is 0 Å². The molecule has 0 bridgehead atoms. The van der Waals surface area contributed by atoms with E-state index in [4.69, 9.17) is 0 Å². The molecule has 1 aromatic carbocycles. The minimum atomic E-state index is -4.44. The van der Waals surface area contributed by atoms with E-state index in [1.807, 2.05) is 0 Å². The Morgan fingerprint density at radius 2 is 1.95 bits per heavy atom. The quantitative estimate of drug-likeness (QED) is 0.482. The third kappa shape index (κ3) is 2.98. The molecule has 0 aliphatic rings. The van der Waals surface area contributed by atoms with Crippen LogP contribution in [0.1, 0.15) is 11.1 Å². The summed E-state index contributed by atoms with van der Waals surface area (Å²) in [6, 6.07) is 5.34. The van der Waals surface area contributed by atoms with Crippen molar-refractivity contribution in [3.63, 3.8) is 0 Å². The normalized spacial score (nSPS) is 12.6. The van der Waals surface area contributed by atoms with Gasteiger partial charge in [-0.3, -0.25) is 4.57 Å². The standard InChI is InChI=1S/C13H13F3N4/c1-19(2)18-12(20-8-7-17-9-20)10-5-3-4-6-11(10)13(14,15)16/h3-9H,1-2H3. The average molecular weight is 282 g/mol. The van der Waals surface area contributed by atoms with Gasteiger partial charge in [-0.25, -0.2) is 4.98 Å².